The van der Waals surface area contributed by atoms with E-state index in [1.807, 2.05) is 6.07 Å². The zero-order chi connectivity index (χ0) is 20.0. The summed E-state index contributed by atoms with van der Waals surface area (Å²) in [5.74, 6) is -0.00332. The number of carbonyl (C=O) groups is 2. The van der Waals surface area contributed by atoms with Gasteiger partial charge in [0, 0.05) is 12.4 Å². The Bertz CT molecular complexity index is 733. The molecule has 0 aliphatic carbocycles. The molecule has 0 fully saturated rings. The number of nitrogens with zero attached hydrogens (tertiary/aromatic N) is 1. The highest BCUT2D eigenvalue weighted by Gasteiger charge is 2.07. The molecule has 0 amide bonds. The predicted octanol–water partition coefficient (Wildman–Crippen LogP) is 4.44. The van der Waals surface area contributed by atoms with Crippen LogP contribution in [0.1, 0.15) is 59.2 Å². The molecule has 0 saturated carbocycles. The molecule has 2 aromatic rings. The number of pyridine rings is 1. The Balaban J connectivity index is 1.47. The van der Waals surface area contributed by atoms with E-state index in [0.29, 0.717) is 30.1 Å². The van der Waals surface area contributed by atoms with Crippen molar-refractivity contribution in [2.75, 3.05) is 20.3 Å². The van der Waals surface area contributed by atoms with Gasteiger partial charge in [0.15, 0.2) is 0 Å². The normalized spacial score (nSPS) is 10.3. The van der Waals surface area contributed by atoms with Gasteiger partial charge in [0.05, 0.1) is 31.5 Å². The number of benzene rings is 1. The number of hydrogen-bond donors (Lipinski definition) is 0. The van der Waals surface area contributed by atoms with E-state index >= 15 is 0 Å². The van der Waals surface area contributed by atoms with Crippen molar-refractivity contribution in [2.45, 2.75) is 38.5 Å². The fourth-order valence-electron chi connectivity index (χ4n) is 2.66. The zero-order valence-electron chi connectivity index (χ0n) is 16.3. The first-order valence-electron chi connectivity index (χ1n) is 9.59. The molecule has 0 saturated heterocycles. The molecule has 0 N–H and O–H groups in total. The van der Waals surface area contributed by atoms with E-state index in [9.17, 15) is 9.59 Å². The maximum Gasteiger partial charge on any atom is 0.339 e. The van der Waals surface area contributed by atoms with Gasteiger partial charge in [-0.15, -0.1) is 0 Å². The lowest BCUT2D eigenvalue weighted by atomic mass is 10.1. The van der Waals surface area contributed by atoms with Crippen LogP contribution in [0.15, 0.2) is 48.8 Å². The highest BCUT2D eigenvalue weighted by atomic mass is 16.5. The largest absolute Gasteiger partial charge is 0.494 e. The average molecular weight is 385 g/mol. The summed E-state index contributed by atoms with van der Waals surface area (Å²) in [6.07, 6.45) is 9.28. The number of hydrogen-bond acceptors (Lipinski definition) is 6. The van der Waals surface area contributed by atoms with Crippen LogP contribution >= 0.6 is 0 Å². The molecule has 6 nitrogen and oxygen atoms in total. The SMILES string of the molecule is COC(=O)c1cccc(OCCCCCCCCOC(=O)c2cccnc2)c1. The fraction of sp³-hybridized carbons (Fsp3) is 0.409. The molecule has 6 heteroatoms. The quantitative estimate of drug-likeness (QED) is 0.397. The van der Waals surface area contributed by atoms with Crippen LogP contribution in [0.5, 0.6) is 5.75 Å². The molecule has 1 heterocycles. The Kier molecular flexibility index (Phi) is 9.55. The maximum absolute atomic E-state index is 11.7. The van der Waals surface area contributed by atoms with Gasteiger partial charge < -0.3 is 14.2 Å². The van der Waals surface area contributed by atoms with Crippen molar-refractivity contribution in [1.82, 2.24) is 4.98 Å². The van der Waals surface area contributed by atoms with Crippen LogP contribution in [0.3, 0.4) is 0 Å². The number of ether oxygens (including phenoxy) is 3. The molecule has 0 atom stereocenters. The second-order valence-electron chi connectivity index (χ2n) is 6.37. The molecule has 0 aliphatic heterocycles. The van der Waals surface area contributed by atoms with Gasteiger partial charge in [-0.3, -0.25) is 4.98 Å². The zero-order valence-corrected chi connectivity index (χ0v) is 16.3. The van der Waals surface area contributed by atoms with Crippen molar-refractivity contribution in [3.8, 4) is 5.75 Å². The van der Waals surface area contributed by atoms with E-state index in [1.165, 1.54) is 13.3 Å². The van der Waals surface area contributed by atoms with Crippen molar-refractivity contribution >= 4 is 11.9 Å². The van der Waals surface area contributed by atoms with Crippen molar-refractivity contribution in [3.05, 3.63) is 59.9 Å². The minimum Gasteiger partial charge on any atom is -0.494 e. The molecule has 0 radical (unpaired) electrons. The summed E-state index contributed by atoms with van der Waals surface area (Å²) in [7, 11) is 1.36. The molecule has 28 heavy (non-hydrogen) atoms. The summed E-state index contributed by atoms with van der Waals surface area (Å²) < 4.78 is 15.6. The van der Waals surface area contributed by atoms with Crippen molar-refractivity contribution in [3.63, 3.8) is 0 Å². The summed E-state index contributed by atoms with van der Waals surface area (Å²) >= 11 is 0. The molecule has 1 aromatic carbocycles. The predicted molar refractivity (Wildman–Crippen MR) is 105 cm³/mol. The molecule has 0 unspecified atom stereocenters. The van der Waals surface area contributed by atoms with E-state index < -0.39 is 0 Å². The Morgan fingerprint density at radius 2 is 1.57 bits per heavy atom. The molecule has 0 bridgehead atoms. The lowest BCUT2D eigenvalue weighted by Crippen LogP contribution is -2.06. The number of aromatic nitrogens is 1. The highest BCUT2D eigenvalue weighted by Crippen LogP contribution is 2.15. The summed E-state index contributed by atoms with van der Waals surface area (Å²) in [6, 6.07) is 10.4. The van der Waals surface area contributed by atoms with Crippen LogP contribution in [-0.2, 0) is 9.47 Å². The molecule has 0 aliphatic rings. The number of rotatable bonds is 12. The fourth-order valence-corrected chi connectivity index (χ4v) is 2.66. The first kappa shape index (κ1) is 21.4. The molecule has 150 valence electrons. The molecular formula is C22H27NO5. The van der Waals surface area contributed by atoms with Crippen LogP contribution < -0.4 is 4.74 Å². The molecule has 2 rings (SSSR count). The third-order valence-electron chi connectivity index (χ3n) is 4.19. The Hall–Kier alpha value is -2.89. The third-order valence-corrected chi connectivity index (χ3v) is 4.19. The Labute approximate surface area is 165 Å². The van der Waals surface area contributed by atoms with Gasteiger partial charge in [0.25, 0.3) is 0 Å². The van der Waals surface area contributed by atoms with Crippen LogP contribution in [-0.4, -0.2) is 37.2 Å². The molecule has 1 aromatic heterocycles. The number of esters is 2. The van der Waals surface area contributed by atoms with E-state index in [1.54, 1.807) is 36.5 Å². The second kappa shape index (κ2) is 12.5. The summed E-state index contributed by atoms with van der Waals surface area (Å²) in [5.41, 5.74) is 0.976. The van der Waals surface area contributed by atoms with Crippen molar-refractivity contribution in [2.24, 2.45) is 0 Å². The smallest absolute Gasteiger partial charge is 0.339 e. The standard InChI is InChI=1S/C22H27NO5/c1-26-21(24)18-10-8-12-20(16-18)27-14-6-4-2-3-5-7-15-28-22(25)19-11-9-13-23-17-19/h8-13,16-17H,2-7,14-15H2,1H3. The topological polar surface area (TPSA) is 74.7 Å². The lowest BCUT2D eigenvalue weighted by Gasteiger charge is -2.07. The number of methoxy groups -OCH3 is 1. The minimum atomic E-state index is -0.364. The van der Waals surface area contributed by atoms with Gasteiger partial charge in [-0.1, -0.05) is 31.7 Å². The van der Waals surface area contributed by atoms with Crippen LogP contribution in [0.4, 0.5) is 0 Å². The van der Waals surface area contributed by atoms with Gasteiger partial charge in [-0.2, -0.15) is 0 Å². The van der Waals surface area contributed by atoms with Gasteiger partial charge >= 0.3 is 11.9 Å². The lowest BCUT2D eigenvalue weighted by molar-refractivity contribution is 0.0496. The third kappa shape index (κ3) is 7.78. The van der Waals surface area contributed by atoms with Crippen molar-refractivity contribution in [1.29, 1.82) is 0 Å². The van der Waals surface area contributed by atoms with Gasteiger partial charge in [0.2, 0.25) is 0 Å². The van der Waals surface area contributed by atoms with E-state index in [-0.39, 0.29) is 11.9 Å². The Morgan fingerprint density at radius 3 is 2.29 bits per heavy atom. The molecule has 0 spiro atoms. The minimum absolute atomic E-state index is 0.318. The number of carbonyl (C=O) groups excluding carboxylic acids is 2. The number of unbranched alkanes of at least 4 members (excludes halogenated alkanes) is 5. The van der Waals surface area contributed by atoms with Gasteiger partial charge in [-0.25, -0.2) is 9.59 Å². The second-order valence-corrected chi connectivity index (χ2v) is 6.37. The van der Waals surface area contributed by atoms with E-state index in [4.69, 9.17) is 14.2 Å². The summed E-state index contributed by atoms with van der Waals surface area (Å²) in [4.78, 5) is 27.1. The van der Waals surface area contributed by atoms with Crippen molar-refractivity contribution < 1.29 is 23.8 Å². The molecular weight excluding hydrogens is 358 g/mol. The van der Waals surface area contributed by atoms with Crippen LogP contribution in [0.2, 0.25) is 0 Å². The average Bonchev–Trinajstić information content (AvgIpc) is 2.75. The first-order chi connectivity index (χ1) is 13.7. The highest BCUT2D eigenvalue weighted by molar-refractivity contribution is 5.89. The maximum atomic E-state index is 11.7. The summed E-state index contributed by atoms with van der Waals surface area (Å²) in [6.45, 7) is 1.06. The van der Waals surface area contributed by atoms with Crippen LogP contribution in [0, 0.1) is 0 Å². The monoisotopic (exact) mass is 385 g/mol. The van der Waals surface area contributed by atoms with Gasteiger partial charge in [-0.05, 0) is 43.2 Å². The van der Waals surface area contributed by atoms with E-state index in [2.05, 4.69) is 4.98 Å². The van der Waals surface area contributed by atoms with Crippen LogP contribution in [0.25, 0.3) is 0 Å². The summed E-state index contributed by atoms with van der Waals surface area (Å²) in [5, 5.41) is 0. The Morgan fingerprint density at radius 1 is 0.857 bits per heavy atom. The van der Waals surface area contributed by atoms with E-state index in [0.717, 1.165) is 38.5 Å². The first-order valence-corrected chi connectivity index (χ1v) is 9.59. The van der Waals surface area contributed by atoms with Gasteiger partial charge in [0.1, 0.15) is 5.75 Å².